The van der Waals surface area contributed by atoms with Crippen LogP contribution in [0.25, 0.3) is 0 Å². The summed E-state index contributed by atoms with van der Waals surface area (Å²) in [5.41, 5.74) is 0.983. The first-order chi connectivity index (χ1) is 10.1. The number of rotatable bonds is 11. The van der Waals surface area contributed by atoms with Gasteiger partial charge in [0.25, 0.3) is 0 Å². The number of amides is 1. The van der Waals surface area contributed by atoms with E-state index in [1.54, 1.807) is 0 Å². The topological polar surface area (TPSA) is 69.0 Å². The molecule has 0 radical (unpaired) electrons. The van der Waals surface area contributed by atoms with Crippen molar-refractivity contribution in [3.05, 3.63) is 11.9 Å². The Morgan fingerprint density at radius 2 is 2.19 bits per heavy atom. The molecule has 0 saturated carbocycles. The molecule has 1 amide bonds. The molecule has 0 aliphatic heterocycles. The number of unbranched alkanes of at least 4 members (excludes halogenated alkanes) is 2. The van der Waals surface area contributed by atoms with Crippen molar-refractivity contribution in [3.63, 3.8) is 0 Å². The third kappa shape index (κ3) is 8.72. The molecule has 0 aliphatic rings. The van der Waals surface area contributed by atoms with Crippen LogP contribution in [0.15, 0.2) is 6.20 Å². The molecular formula is C14H26N4O2S. The zero-order valence-corrected chi connectivity index (χ0v) is 13.8. The molecule has 0 fully saturated rings. The largest absolute Gasteiger partial charge is 0.354 e. The summed E-state index contributed by atoms with van der Waals surface area (Å²) in [5, 5.41) is 11.1. The lowest BCUT2D eigenvalue weighted by Gasteiger charge is -2.07. The predicted octanol–water partition coefficient (Wildman–Crippen LogP) is 2.16. The summed E-state index contributed by atoms with van der Waals surface area (Å²) in [5.74, 6) is 0.138. The lowest BCUT2D eigenvalue weighted by atomic mass is 10.2. The number of hydrogen-bond donors (Lipinski definition) is 2. The first kappa shape index (κ1) is 18.0. The van der Waals surface area contributed by atoms with Crippen molar-refractivity contribution in [3.8, 4) is 0 Å². The van der Waals surface area contributed by atoms with E-state index in [0.717, 1.165) is 44.3 Å². The molecule has 0 spiro atoms. The standard InChI is InChI=1S/C14H26N4O2S/c1-12(2)15-14(19)8-4-3-5-9-18-11-13(16-17-18)7-6-10-20-21/h11-12,21H,3-10H2,1-2H3,(H,15,19). The van der Waals surface area contributed by atoms with Gasteiger partial charge < -0.3 is 9.50 Å². The molecule has 0 unspecified atom stereocenters. The Balaban J connectivity index is 2.08. The van der Waals surface area contributed by atoms with Crippen molar-refractivity contribution in [2.45, 2.75) is 65.0 Å². The molecule has 0 aromatic carbocycles. The fourth-order valence-electron chi connectivity index (χ4n) is 2.01. The number of thiol groups is 1. The average Bonchev–Trinajstić information content (AvgIpc) is 2.86. The van der Waals surface area contributed by atoms with Gasteiger partial charge >= 0.3 is 0 Å². The first-order valence-electron chi connectivity index (χ1n) is 7.56. The van der Waals surface area contributed by atoms with E-state index in [-0.39, 0.29) is 11.9 Å². The molecule has 7 heteroatoms. The molecule has 1 aromatic rings. The number of nitrogens with one attached hydrogen (secondary N) is 1. The Labute approximate surface area is 132 Å². The van der Waals surface area contributed by atoms with Gasteiger partial charge in [-0.1, -0.05) is 11.6 Å². The highest BCUT2D eigenvalue weighted by molar-refractivity contribution is 7.75. The van der Waals surface area contributed by atoms with E-state index in [1.807, 2.05) is 24.7 Å². The summed E-state index contributed by atoms with van der Waals surface area (Å²) in [6.45, 7) is 5.42. The maximum absolute atomic E-state index is 11.5. The van der Waals surface area contributed by atoms with Crippen molar-refractivity contribution >= 4 is 18.8 Å². The van der Waals surface area contributed by atoms with Gasteiger partial charge in [-0.25, -0.2) is 0 Å². The Bertz CT molecular complexity index is 409. The third-order valence-electron chi connectivity index (χ3n) is 3.00. The van der Waals surface area contributed by atoms with Gasteiger partial charge in [0, 0.05) is 25.2 Å². The van der Waals surface area contributed by atoms with Crippen LogP contribution < -0.4 is 5.32 Å². The summed E-state index contributed by atoms with van der Waals surface area (Å²) in [6, 6.07) is 0.221. The molecule has 0 atom stereocenters. The van der Waals surface area contributed by atoms with Crippen LogP contribution in [0.5, 0.6) is 0 Å². The van der Waals surface area contributed by atoms with Crippen molar-refractivity contribution in [1.82, 2.24) is 20.3 Å². The van der Waals surface area contributed by atoms with Gasteiger partial charge in [-0.05, 0) is 52.4 Å². The highest BCUT2D eigenvalue weighted by Crippen LogP contribution is 2.04. The lowest BCUT2D eigenvalue weighted by Crippen LogP contribution is -2.29. The molecule has 1 aromatic heterocycles. The van der Waals surface area contributed by atoms with E-state index in [9.17, 15) is 4.79 Å². The van der Waals surface area contributed by atoms with Gasteiger partial charge in [-0.3, -0.25) is 9.48 Å². The minimum atomic E-state index is 0.138. The van der Waals surface area contributed by atoms with Gasteiger partial charge in [-0.15, -0.1) is 5.10 Å². The van der Waals surface area contributed by atoms with Crippen LogP contribution in [0, 0.1) is 0 Å². The van der Waals surface area contributed by atoms with E-state index >= 15 is 0 Å². The number of aryl methyl sites for hydroxylation is 2. The highest BCUT2D eigenvalue weighted by atomic mass is 32.1. The Kier molecular flexibility index (Phi) is 9.09. The van der Waals surface area contributed by atoms with Gasteiger partial charge in [0.15, 0.2) is 0 Å². The van der Waals surface area contributed by atoms with E-state index in [1.165, 1.54) is 0 Å². The molecule has 0 bridgehead atoms. The SMILES string of the molecule is CC(C)NC(=O)CCCCCn1cc(CCCOS)nn1. The van der Waals surface area contributed by atoms with Gasteiger partial charge in [0.2, 0.25) is 5.91 Å². The first-order valence-corrected chi connectivity index (χ1v) is 7.93. The van der Waals surface area contributed by atoms with Crippen LogP contribution in [0.3, 0.4) is 0 Å². The smallest absolute Gasteiger partial charge is 0.220 e. The molecule has 0 saturated heterocycles. The van der Waals surface area contributed by atoms with Gasteiger partial charge in [0.05, 0.1) is 12.3 Å². The van der Waals surface area contributed by atoms with E-state index in [4.69, 9.17) is 4.18 Å². The number of hydrogen-bond acceptors (Lipinski definition) is 5. The Morgan fingerprint density at radius 3 is 2.90 bits per heavy atom. The molecule has 21 heavy (non-hydrogen) atoms. The lowest BCUT2D eigenvalue weighted by molar-refractivity contribution is -0.121. The number of carbonyl (C=O) groups excluding carboxylic acids is 1. The van der Waals surface area contributed by atoms with Crippen LogP contribution >= 0.6 is 12.9 Å². The fraction of sp³-hybridized carbons (Fsp3) is 0.786. The van der Waals surface area contributed by atoms with Crippen molar-refractivity contribution in [2.24, 2.45) is 0 Å². The Morgan fingerprint density at radius 1 is 1.38 bits per heavy atom. The summed E-state index contributed by atoms with van der Waals surface area (Å²) in [7, 11) is 0. The van der Waals surface area contributed by atoms with Gasteiger partial charge in [0.1, 0.15) is 0 Å². The molecule has 6 nitrogen and oxygen atoms in total. The van der Waals surface area contributed by atoms with E-state index in [2.05, 4.69) is 28.5 Å². The van der Waals surface area contributed by atoms with Crippen LogP contribution in [-0.2, 0) is 21.9 Å². The highest BCUT2D eigenvalue weighted by Gasteiger charge is 2.03. The second kappa shape index (κ2) is 10.6. The maximum atomic E-state index is 11.5. The third-order valence-corrected chi connectivity index (χ3v) is 3.18. The Hall–Kier alpha value is -1.08. The molecule has 0 aliphatic carbocycles. The monoisotopic (exact) mass is 314 g/mol. The van der Waals surface area contributed by atoms with E-state index < -0.39 is 0 Å². The molecule has 120 valence electrons. The van der Waals surface area contributed by atoms with Gasteiger partial charge in [-0.2, -0.15) is 0 Å². The van der Waals surface area contributed by atoms with Crippen molar-refractivity contribution in [1.29, 1.82) is 0 Å². The number of carbonyl (C=O) groups is 1. The summed E-state index contributed by atoms with van der Waals surface area (Å²) in [4.78, 5) is 11.5. The molecule has 1 N–H and O–H groups in total. The zero-order valence-electron chi connectivity index (χ0n) is 12.9. The average molecular weight is 314 g/mol. The minimum absolute atomic E-state index is 0.138. The quantitative estimate of drug-likeness (QED) is 0.373. The molecule has 1 rings (SSSR count). The summed E-state index contributed by atoms with van der Waals surface area (Å²) < 4.78 is 6.58. The maximum Gasteiger partial charge on any atom is 0.220 e. The summed E-state index contributed by atoms with van der Waals surface area (Å²) in [6.07, 6.45) is 7.28. The number of nitrogens with zero attached hydrogens (tertiary/aromatic N) is 3. The zero-order chi connectivity index (χ0) is 15.5. The second-order valence-corrected chi connectivity index (χ2v) is 5.70. The fourth-order valence-corrected chi connectivity index (χ4v) is 2.14. The van der Waals surface area contributed by atoms with E-state index in [0.29, 0.717) is 13.0 Å². The normalized spacial score (nSPS) is 11.0. The molecule has 1 heterocycles. The predicted molar refractivity (Wildman–Crippen MR) is 85.0 cm³/mol. The van der Waals surface area contributed by atoms with Crippen LogP contribution in [0.4, 0.5) is 0 Å². The minimum Gasteiger partial charge on any atom is -0.354 e. The van der Waals surface area contributed by atoms with Crippen molar-refractivity contribution in [2.75, 3.05) is 6.61 Å². The molecular weight excluding hydrogens is 288 g/mol. The second-order valence-electron chi connectivity index (χ2n) is 5.44. The van der Waals surface area contributed by atoms with Crippen LogP contribution in [0.2, 0.25) is 0 Å². The van der Waals surface area contributed by atoms with Crippen LogP contribution in [0.1, 0.15) is 51.6 Å². The van der Waals surface area contributed by atoms with Crippen LogP contribution in [-0.4, -0.2) is 33.5 Å². The number of aromatic nitrogens is 3. The summed E-state index contributed by atoms with van der Waals surface area (Å²) >= 11 is 3.70. The van der Waals surface area contributed by atoms with Crippen molar-refractivity contribution < 1.29 is 8.98 Å².